The molecule has 5 heteroatoms. The smallest absolute Gasteiger partial charge is 0.258 e. The van der Waals surface area contributed by atoms with Crippen LogP contribution in [-0.2, 0) is 6.54 Å². The van der Waals surface area contributed by atoms with E-state index in [1.807, 2.05) is 37.3 Å². The van der Waals surface area contributed by atoms with Gasteiger partial charge in [0.1, 0.15) is 5.65 Å². The summed E-state index contributed by atoms with van der Waals surface area (Å²) < 4.78 is 1.52. The minimum absolute atomic E-state index is 0.0901. The minimum atomic E-state index is -0.0901. The highest BCUT2D eigenvalue weighted by atomic mass is 35.5. The Morgan fingerprint density at radius 1 is 1.24 bits per heavy atom. The van der Waals surface area contributed by atoms with Crippen LogP contribution in [0.5, 0.6) is 0 Å². The summed E-state index contributed by atoms with van der Waals surface area (Å²) in [7, 11) is 0. The summed E-state index contributed by atoms with van der Waals surface area (Å²) in [6.45, 7) is 2.45. The molecule has 0 aliphatic heterocycles. The topological polar surface area (TPSA) is 46.4 Å². The summed E-state index contributed by atoms with van der Waals surface area (Å²) in [5.41, 5.74) is 3.19. The fourth-order valence-corrected chi connectivity index (χ4v) is 2.34. The summed E-state index contributed by atoms with van der Waals surface area (Å²) in [4.78, 5) is 16.5. The second kappa shape index (κ2) is 5.58. The maximum atomic E-state index is 12.0. The van der Waals surface area contributed by atoms with Gasteiger partial charge in [0.15, 0.2) is 0 Å². The number of rotatable bonds is 3. The van der Waals surface area contributed by atoms with Gasteiger partial charge in [-0.05, 0) is 36.8 Å². The Bertz CT molecular complexity index is 858. The van der Waals surface area contributed by atoms with Crippen molar-refractivity contribution in [1.29, 1.82) is 0 Å². The van der Waals surface area contributed by atoms with Crippen molar-refractivity contribution >= 4 is 22.9 Å². The maximum Gasteiger partial charge on any atom is 0.258 e. The molecule has 3 aromatic rings. The summed E-state index contributed by atoms with van der Waals surface area (Å²) in [5.74, 6) is 0. The van der Waals surface area contributed by atoms with Gasteiger partial charge in [-0.25, -0.2) is 4.98 Å². The molecule has 0 radical (unpaired) electrons. The predicted octanol–water partition coefficient (Wildman–Crippen LogP) is 3.27. The SMILES string of the molecule is Cc1ccc(Cl)c(NCc2cc(=O)n3ccccc3n2)c1. The largest absolute Gasteiger partial charge is 0.378 e. The van der Waals surface area contributed by atoms with E-state index in [0.717, 1.165) is 11.3 Å². The molecule has 0 saturated heterocycles. The number of fused-ring (bicyclic) bond motifs is 1. The molecule has 2 heterocycles. The molecule has 0 atom stereocenters. The van der Waals surface area contributed by atoms with Crippen LogP contribution in [0, 0.1) is 6.92 Å². The molecule has 2 aromatic heterocycles. The van der Waals surface area contributed by atoms with E-state index in [9.17, 15) is 4.79 Å². The Morgan fingerprint density at radius 3 is 2.95 bits per heavy atom. The van der Waals surface area contributed by atoms with Crippen LogP contribution >= 0.6 is 11.6 Å². The van der Waals surface area contributed by atoms with Gasteiger partial charge in [0.05, 0.1) is 22.9 Å². The van der Waals surface area contributed by atoms with E-state index in [2.05, 4.69) is 10.3 Å². The second-order valence-electron chi connectivity index (χ2n) is 4.85. The lowest BCUT2D eigenvalue weighted by molar-refractivity contribution is 0.971. The summed E-state index contributed by atoms with van der Waals surface area (Å²) in [5, 5.41) is 3.87. The molecule has 0 aliphatic rings. The van der Waals surface area contributed by atoms with Crippen molar-refractivity contribution in [1.82, 2.24) is 9.38 Å². The lowest BCUT2D eigenvalue weighted by atomic mass is 10.2. The molecule has 0 spiro atoms. The Kier molecular flexibility index (Phi) is 3.62. The minimum Gasteiger partial charge on any atom is -0.378 e. The van der Waals surface area contributed by atoms with E-state index in [1.54, 1.807) is 12.3 Å². The lowest BCUT2D eigenvalue weighted by Crippen LogP contribution is -2.16. The number of hydrogen-bond acceptors (Lipinski definition) is 3. The molecule has 0 fully saturated rings. The number of hydrogen-bond donors (Lipinski definition) is 1. The van der Waals surface area contributed by atoms with Gasteiger partial charge in [-0.2, -0.15) is 0 Å². The first-order valence-electron chi connectivity index (χ1n) is 6.61. The molecule has 0 saturated carbocycles. The van der Waals surface area contributed by atoms with Gasteiger partial charge >= 0.3 is 0 Å². The number of nitrogens with one attached hydrogen (secondary N) is 1. The van der Waals surface area contributed by atoms with Gasteiger partial charge in [-0.1, -0.05) is 23.7 Å². The normalized spacial score (nSPS) is 10.8. The number of aromatic nitrogens is 2. The molecular formula is C16H14ClN3O. The highest BCUT2D eigenvalue weighted by Gasteiger charge is 2.04. The number of pyridine rings is 1. The maximum absolute atomic E-state index is 12.0. The number of aryl methyl sites for hydroxylation is 1. The first kappa shape index (κ1) is 13.6. The fourth-order valence-electron chi connectivity index (χ4n) is 2.15. The third-order valence-corrected chi connectivity index (χ3v) is 3.54. The first-order valence-corrected chi connectivity index (χ1v) is 6.98. The molecule has 0 amide bonds. The Morgan fingerprint density at radius 2 is 2.10 bits per heavy atom. The highest BCUT2D eigenvalue weighted by molar-refractivity contribution is 6.33. The standard InChI is InChI=1S/C16H14ClN3O/c1-11-5-6-13(17)14(8-11)18-10-12-9-16(21)20-7-3-2-4-15(20)19-12/h2-9,18H,10H2,1H3. The lowest BCUT2D eigenvalue weighted by Gasteiger charge is -2.09. The van der Waals surface area contributed by atoms with E-state index in [1.165, 1.54) is 10.5 Å². The van der Waals surface area contributed by atoms with Crippen molar-refractivity contribution in [3.8, 4) is 0 Å². The quantitative estimate of drug-likeness (QED) is 0.807. The average Bonchev–Trinajstić information content (AvgIpc) is 2.48. The average molecular weight is 300 g/mol. The molecule has 4 nitrogen and oxygen atoms in total. The molecule has 0 aliphatic carbocycles. The molecule has 21 heavy (non-hydrogen) atoms. The van der Waals surface area contributed by atoms with Crippen molar-refractivity contribution in [3.05, 3.63) is 75.3 Å². The van der Waals surface area contributed by atoms with Crippen molar-refractivity contribution < 1.29 is 0 Å². The number of nitrogens with zero attached hydrogens (tertiary/aromatic N) is 2. The van der Waals surface area contributed by atoms with Gasteiger partial charge in [0.2, 0.25) is 0 Å². The molecular weight excluding hydrogens is 286 g/mol. The van der Waals surface area contributed by atoms with E-state index in [0.29, 0.717) is 22.9 Å². The third-order valence-electron chi connectivity index (χ3n) is 3.21. The highest BCUT2D eigenvalue weighted by Crippen LogP contribution is 2.23. The Balaban J connectivity index is 1.88. The van der Waals surface area contributed by atoms with E-state index in [-0.39, 0.29) is 5.56 Å². The summed E-state index contributed by atoms with van der Waals surface area (Å²) >= 11 is 6.14. The van der Waals surface area contributed by atoms with Crippen molar-refractivity contribution in [3.63, 3.8) is 0 Å². The molecule has 0 bridgehead atoms. The monoisotopic (exact) mass is 299 g/mol. The van der Waals surface area contributed by atoms with Crippen LogP contribution in [0.15, 0.2) is 53.5 Å². The molecule has 3 rings (SSSR count). The van der Waals surface area contributed by atoms with Gasteiger partial charge < -0.3 is 5.32 Å². The van der Waals surface area contributed by atoms with E-state index in [4.69, 9.17) is 11.6 Å². The number of anilines is 1. The first-order chi connectivity index (χ1) is 10.1. The molecule has 1 aromatic carbocycles. The molecule has 106 valence electrons. The van der Waals surface area contributed by atoms with Crippen LogP contribution in [0.25, 0.3) is 5.65 Å². The number of benzene rings is 1. The van der Waals surface area contributed by atoms with Crippen molar-refractivity contribution in [2.75, 3.05) is 5.32 Å². The van der Waals surface area contributed by atoms with Crippen LogP contribution in [-0.4, -0.2) is 9.38 Å². The summed E-state index contributed by atoms with van der Waals surface area (Å²) in [6.07, 6.45) is 1.71. The molecule has 1 N–H and O–H groups in total. The number of halogens is 1. The van der Waals surface area contributed by atoms with Crippen LogP contribution in [0.1, 0.15) is 11.3 Å². The summed E-state index contributed by atoms with van der Waals surface area (Å²) in [6, 6.07) is 12.8. The molecule has 0 unspecified atom stereocenters. The van der Waals surface area contributed by atoms with Crippen LogP contribution in [0.4, 0.5) is 5.69 Å². The second-order valence-corrected chi connectivity index (χ2v) is 5.26. The van der Waals surface area contributed by atoms with Gasteiger partial charge in [-0.15, -0.1) is 0 Å². The van der Waals surface area contributed by atoms with Crippen LogP contribution in [0.3, 0.4) is 0 Å². The Labute approximate surface area is 127 Å². The fraction of sp³-hybridized carbons (Fsp3) is 0.125. The zero-order chi connectivity index (χ0) is 14.8. The van der Waals surface area contributed by atoms with Crippen LogP contribution < -0.4 is 10.9 Å². The van der Waals surface area contributed by atoms with Gasteiger partial charge in [0.25, 0.3) is 5.56 Å². The van der Waals surface area contributed by atoms with Crippen molar-refractivity contribution in [2.45, 2.75) is 13.5 Å². The zero-order valence-electron chi connectivity index (χ0n) is 11.5. The Hall–Kier alpha value is -2.33. The van der Waals surface area contributed by atoms with Crippen molar-refractivity contribution in [2.24, 2.45) is 0 Å². The van der Waals surface area contributed by atoms with Gasteiger partial charge in [-0.3, -0.25) is 9.20 Å². The van der Waals surface area contributed by atoms with E-state index < -0.39 is 0 Å². The predicted molar refractivity (Wildman–Crippen MR) is 85.0 cm³/mol. The van der Waals surface area contributed by atoms with Gasteiger partial charge in [0, 0.05) is 12.3 Å². The zero-order valence-corrected chi connectivity index (χ0v) is 12.3. The third kappa shape index (κ3) is 2.90. The van der Waals surface area contributed by atoms with E-state index >= 15 is 0 Å². The van der Waals surface area contributed by atoms with Crippen LogP contribution in [0.2, 0.25) is 5.02 Å².